The Labute approximate surface area is 88.6 Å². The van der Waals surface area contributed by atoms with Crippen LogP contribution in [0.15, 0.2) is 0 Å². The minimum Gasteiger partial charge on any atom is -0.478 e. The fraction of sp³-hybridized carbons (Fsp3) is 0.818. The van der Waals surface area contributed by atoms with Gasteiger partial charge >= 0.3 is 11.9 Å². The van der Waals surface area contributed by atoms with Crippen LogP contribution in [0.1, 0.15) is 33.6 Å². The van der Waals surface area contributed by atoms with E-state index in [9.17, 15) is 9.59 Å². The van der Waals surface area contributed by atoms with E-state index in [-0.39, 0.29) is 17.3 Å². The number of aliphatic carboxylic acids is 1. The zero-order valence-corrected chi connectivity index (χ0v) is 9.24. The van der Waals surface area contributed by atoms with Crippen molar-refractivity contribution >= 4 is 11.9 Å². The van der Waals surface area contributed by atoms with Gasteiger partial charge in [0.2, 0.25) is 6.10 Å². The van der Waals surface area contributed by atoms with Gasteiger partial charge in [0.15, 0.2) is 0 Å². The lowest BCUT2D eigenvalue weighted by Crippen LogP contribution is -2.55. The highest BCUT2D eigenvalue weighted by atomic mass is 16.6. The van der Waals surface area contributed by atoms with Crippen LogP contribution in [0.25, 0.3) is 0 Å². The van der Waals surface area contributed by atoms with E-state index in [0.717, 1.165) is 12.8 Å². The second-order valence-electron chi connectivity index (χ2n) is 5.39. The van der Waals surface area contributed by atoms with Gasteiger partial charge in [0.25, 0.3) is 0 Å². The summed E-state index contributed by atoms with van der Waals surface area (Å²) in [5.41, 5.74) is -0.719. The van der Waals surface area contributed by atoms with Crippen molar-refractivity contribution in [1.29, 1.82) is 0 Å². The summed E-state index contributed by atoms with van der Waals surface area (Å²) in [5, 5.41) is 9.10. The topological polar surface area (TPSA) is 63.6 Å². The molecule has 1 saturated carbocycles. The maximum absolute atomic E-state index is 11.6. The molecule has 1 aliphatic heterocycles. The van der Waals surface area contributed by atoms with E-state index in [1.807, 2.05) is 20.8 Å². The summed E-state index contributed by atoms with van der Waals surface area (Å²) < 4.78 is 5.03. The summed E-state index contributed by atoms with van der Waals surface area (Å²) in [5.74, 6) is -1.51. The molecule has 2 aliphatic rings. The number of carbonyl (C=O) groups excluding carboxylic acids is 1. The van der Waals surface area contributed by atoms with Gasteiger partial charge < -0.3 is 9.84 Å². The Morgan fingerprint density at radius 2 is 2.07 bits per heavy atom. The molecule has 2 bridgehead atoms. The van der Waals surface area contributed by atoms with Crippen LogP contribution in [0.3, 0.4) is 0 Å². The number of hydrogen-bond donors (Lipinski definition) is 1. The Kier molecular flexibility index (Phi) is 1.91. The molecule has 0 aromatic rings. The molecule has 1 aliphatic carbocycles. The van der Waals surface area contributed by atoms with Gasteiger partial charge in [0.1, 0.15) is 0 Å². The molecule has 1 heterocycles. The SMILES string of the molecule is CC1(C)[C@H]2CC[C@@]1(C)[C@@H](C(=O)O)OC2=O. The predicted octanol–water partition coefficient (Wildman–Crippen LogP) is 1.44. The molecule has 0 amide bonds. The lowest BCUT2D eigenvalue weighted by Gasteiger charge is -2.47. The van der Waals surface area contributed by atoms with Gasteiger partial charge in [-0.25, -0.2) is 4.79 Å². The number of carbonyl (C=O) groups is 2. The molecule has 84 valence electrons. The molecule has 0 spiro atoms. The van der Waals surface area contributed by atoms with Crippen LogP contribution in [0.4, 0.5) is 0 Å². The molecule has 2 rings (SSSR count). The monoisotopic (exact) mass is 212 g/mol. The Hall–Kier alpha value is -1.06. The Bertz CT molecular complexity index is 333. The molecule has 3 atom stereocenters. The van der Waals surface area contributed by atoms with E-state index in [0.29, 0.717) is 0 Å². The Morgan fingerprint density at radius 1 is 1.47 bits per heavy atom. The summed E-state index contributed by atoms with van der Waals surface area (Å²) in [7, 11) is 0. The van der Waals surface area contributed by atoms with Crippen LogP contribution >= 0.6 is 0 Å². The molecule has 0 unspecified atom stereocenters. The van der Waals surface area contributed by atoms with Crippen LogP contribution in [0, 0.1) is 16.7 Å². The number of fused-ring (bicyclic) bond motifs is 2. The first-order valence-electron chi connectivity index (χ1n) is 5.24. The third-order valence-electron chi connectivity index (χ3n) is 4.62. The number of hydrogen-bond acceptors (Lipinski definition) is 3. The lowest BCUT2D eigenvalue weighted by atomic mass is 9.61. The largest absolute Gasteiger partial charge is 0.478 e. The van der Waals surface area contributed by atoms with E-state index in [4.69, 9.17) is 9.84 Å². The smallest absolute Gasteiger partial charge is 0.345 e. The van der Waals surface area contributed by atoms with Gasteiger partial charge in [-0.15, -0.1) is 0 Å². The molecule has 15 heavy (non-hydrogen) atoms. The van der Waals surface area contributed by atoms with Crippen molar-refractivity contribution < 1.29 is 19.4 Å². The fourth-order valence-electron chi connectivity index (χ4n) is 3.06. The summed E-state index contributed by atoms with van der Waals surface area (Å²) in [6, 6.07) is 0. The first-order valence-corrected chi connectivity index (χ1v) is 5.24. The molecule has 0 aromatic carbocycles. The molecule has 4 nitrogen and oxygen atoms in total. The van der Waals surface area contributed by atoms with Gasteiger partial charge in [-0.05, 0) is 18.3 Å². The molecule has 1 saturated heterocycles. The van der Waals surface area contributed by atoms with Crippen molar-refractivity contribution in [3.8, 4) is 0 Å². The normalized spacial score (nSPS) is 42.5. The third kappa shape index (κ3) is 1.08. The van der Waals surface area contributed by atoms with Crippen molar-refractivity contribution in [3.05, 3.63) is 0 Å². The predicted molar refractivity (Wildman–Crippen MR) is 52.1 cm³/mol. The van der Waals surface area contributed by atoms with Gasteiger partial charge in [-0.1, -0.05) is 20.8 Å². The zero-order chi connectivity index (χ0) is 11.4. The quantitative estimate of drug-likeness (QED) is 0.668. The highest BCUT2D eigenvalue weighted by molar-refractivity contribution is 5.83. The third-order valence-corrected chi connectivity index (χ3v) is 4.62. The van der Waals surface area contributed by atoms with Crippen LogP contribution in [0.2, 0.25) is 0 Å². The fourth-order valence-corrected chi connectivity index (χ4v) is 3.06. The number of rotatable bonds is 1. The molecular weight excluding hydrogens is 196 g/mol. The Morgan fingerprint density at radius 3 is 2.60 bits per heavy atom. The molecule has 2 fully saturated rings. The highest BCUT2D eigenvalue weighted by Crippen LogP contribution is 2.61. The molecule has 0 aromatic heterocycles. The zero-order valence-electron chi connectivity index (χ0n) is 9.24. The summed E-state index contributed by atoms with van der Waals surface area (Å²) in [6.45, 7) is 5.86. The summed E-state index contributed by atoms with van der Waals surface area (Å²) in [6.07, 6.45) is 0.498. The average Bonchev–Trinajstić information content (AvgIpc) is 2.28. The maximum Gasteiger partial charge on any atom is 0.345 e. The van der Waals surface area contributed by atoms with E-state index < -0.39 is 17.5 Å². The van der Waals surface area contributed by atoms with Crippen LogP contribution in [0.5, 0.6) is 0 Å². The molecule has 0 radical (unpaired) electrons. The van der Waals surface area contributed by atoms with Crippen molar-refractivity contribution in [2.75, 3.05) is 0 Å². The molecule has 1 N–H and O–H groups in total. The van der Waals surface area contributed by atoms with Crippen LogP contribution < -0.4 is 0 Å². The number of esters is 1. The van der Waals surface area contributed by atoms with E-state index in [1.165, 1.54) is 0 Å². The van der Waals surface area contributed by atoms with E-state index in [1.54, 1.807) is 0 Å². The standard InChI is InChI=1S/C11H16O4/c1-10(2)6-4-5-11(10,3)7(8(12)13)15-9(6)14/h6-7H,4-5H2,1-3H3,(H,12,13)/t6-,7+,11-/m0/s1. The first kappa shape index (κ1) is 10.5. The van der Waals surface area contributed by atoms with E-state index >= 15 is 0 Å². The lowest BCUT2D eigenvalue weighted by molar-refractivity contribution is -0.197. The van der Waals surface area contributed by atoms with Crippen molar-refractivity contribution in [1.82, 2.24) is 0 Å². The average molecular weight is 212 g/mol. The van der Waals surface area contributed by atoms with Crippen LogP contribution in [-0.2, 0) is 14.3 Å². The van der Waals surface area contributed by atoms with Crippen LogP contribution in [-0.4, -0.2) is 23.1 Å². The van der Waals surface area contributed by atoms with E-state index in [2.05, 4.69) is 0 Å². The van der Waals surface area contributed by atoms with Gasteiger partial charge in [-0.2, -0.15) is 0 Å². The number of carboxylic acids is 1. The first-order chi connectivity index (χ1) is 6.80. The summed E-state index contributed by atoms with van der Waals surface area (Å²) >= 11 is 0. The van der Waals surface area contributed by atoms with Crippen molar-refractivity contribution in [3.63, 3.8) is 0 Å². The second kappa shape index (κ2) is 2.74. The van der Waals surface area contributed by atoms with Gasteiger partial charge in [0.05, 0.1) is 5.92 Å². The number of cyclic esters (lactones) is 1. The minimum absolute atomic E-state index is 0.141. The highest BCUT2D eigenvalue weighted by Gasteiger charge is 2.65. The summed E-state index contributed by atoms with van der Waals surface area (Å²) in [4.78, 5) is 22.7. The van der Waals surface area contributed by atoms with Crippen molar-refractivity contribution in [2.45, 2.75) is 39.7 Å². The number of ether oxygens (including phenoxy) is 1. The van der Waals surface area contributed by atoms with Gasteiger partial charge in [0, 0.05) is 5.41 Å². The minimum atomic E-state index is -1.03. The van der Waals surface area contributed by atoms with Gasteiger partial charge in [-0.3, -0.25) is 4.79 Å². The molecule has 4 heteroatoms. The second-order valence-corrected chi connectivity index (χ2v) is 5.39. The molecular formula is C11H16O4. The van der Waals surface area contributed by atoms with Crippen molar-refractivity contribution in [2.24, 2.45) is 16.7 Å². The maximum atomic E-state index is 11.6. The number of carboxylic acid groups (broad SMARTS) is 1. The Balaban J connectivity index is 2.48.